The SMILES string of the molecule is Cc1cc(-c2ncc3cc(C(F)(F)F)ccc3n2)ccc1N(C)C(=O)c1nn[nH]n1. The van der Waals surface area contributed by atoms with Crippen molar-refractivity contribution >= 4 is 22.5 Å². The molecule has 0 radical (unpaired) electrons. The first-order valence-corrected chi connectivity index (χ1v) is 8.70. The van der Waals surface area contributed by atoms with Gasteiger partial charge in [0.05, 0.1) is 11.1 Å². The molecule has 30 heavy (non-hydrogen) atoms. The fourth-order valence-electron chi connectivity index (χ4n) is 3.03. The van der Waals surface area contributed by atoms with Crippen molar-refractivity contribution in [3.05, 3.63) is 59.5 Å². The summed E-state index contributed by atoms with van der Waals surface area (Å²) in [5, 5.41) is 13.3. The standard InChI is InChI=1S/C19H14F3N7O/c1-10-7-11(3-6-15(10)29(2)18(30)17-25-27-28-26-17)16-23-9-12-8-13(19(20,21)22)4-5-14(12)24-16/h3-9H,1-2H3,(H,25,26,27,28). The number of amides is 1. The van der Waals surface area contributed by atoms with E-state index in [-0.39, 0.29) is 5.82 Å². The number of halogens is 3. The van der Waals surface area contributed by atoms with E-state index in [1.165, 1.54) is 17.2 Å². The number of rotatable bonds is 3. The molecule has 0 unspecified atom stereocenters. The number of hydrogen-bond acceptors (Lipinski definition) is 6. The van der Waals surface area contributed by atoms with E-state index in [0.29, 0.717) is 28.0 Å². The highest BCUT2D eigenvalue weighted by molar-refractivity contribution is 6.03. The maximum absolute atomic E-state index is 12.9. The Morgan fingerprint density at radius 3 is 2.60 bits per heavy atom. The predicted molar refractivity (Wildman–Crippen MR) is 102 cm³/mol. The van der Waals surface area contributed by atoms with Gasteiger partial charge in [0.1, 0.15) is 0 Å². The van der Waals surface area contributed by atoms with E-state index in [9.17, 15) is 18.0 Å². The van der Waals surface area contributed by atoms with E-state index in [1.807, 2.05) is 6.92 Å². The van der Waals surface area contributed by atoms with Crippen LogP contribution in [0.25, 0.3) is 22.3 Å². The summed E-state index contributed by atoms with van der Waals surface area (Å²) in [7, 11) is 1.59. The van der Waals surface area contributed by atoms with Crippen molar-refractivity contribution in [1.82, 2.24) is 30.6 Å². The number of benzene rings is 2. The molecule has 0 spiro atoms. The minimum Gasteiger partial charge on any atom is -0.308 e. The van der Waals surface area contributed by atoms with E-state index in [2.05, 4.69) is 30.6 Å². The summed E-state index contributed by atoms with van der Waals surface area (Å²) in [5.74, 6) is -0.122. The van der Waals surface area contributed by atoms with Gasteiger partial charge in [-0.05, 0) is 54.1 Å². The molecule has 0 aliphatic rings. The molecule has 1 N–H and O–H groups in total. The van der Waals surface area contributed by atoms with Crippen LogP contribution in [0.4, 0.5) is 18.9 Å². The summed E-state index contributed by atoms with van der Waals surface area (Å²) in [6, 6.07) is 8.58. The van der Waals surface area contributed by atoms with Crippen LogP contribution in [0.3, 0.4) is 0 Å². The van der Waals surface area contributed by atoms with Gasteiger partial charge in [0, 0.05) is 29.9 Å². The maximum atomic E-state index is 12.9. The van der Waals surface area contributed by atoms with Gasteiger partial charge in [-0.1, -0.05) is 0 Å². The zero-order valence-electron chi connectivity index (χ0n) is 15.8. The number of fused-ring (bicyclic) bond motifs is 1. The Morgan fingerprint density at radius 2 is 1.93 bits per heavy atom. The molecule has 2 aromatic carbocycles. The van der Waals surface area contributed by atoms with Gasteiger partial charge in [0.2, 0.25) is 0 Å². The Balaban J connectivity index is 1.65. The molecule has 0 saturated heterocycles. The molecular weight excluding hydrogens is 399 g/mol. The monoisotopic (exact) mass is 413 g/mol. The smallest absolute Gasteiger partial charge is 0.308 e. The van der Waals surface area contributed by atoms with Gasteiger partial charge < -0.3 is 4.90 Å². The van der Waals surface area contributed by atoms with E-state index in [0.717, 1.165) is 17.7 Å². The molecule has 4 aromatic rings. The minimum absolute atomic E-state index is 0.0583. The van der Waals surface area contributed by atoms with Gasteiger partial charge in [0.25, 0.3) is 11.7 Å². The number of aromatic amines is 1. The fourth-order valence-corrected chi connectivity index (χ4v) is 3.03. The zero-order valence-corrected chi connectivity index (χ0v) is 15.8. The van der Waals surface area contributed by atoms with Crippen LogP contribution >= 0.6 is 0 Å². The van der Waals surface area contributed by atoms with Crippen molar-refractivity contribution in [2.24, 2.45) is 0 Å². The number of tetrazole rings is 1. The lowest BCUT2D eigenvalue weighted by Gasteiger charge is -2.18. The van der Waals surface area contributed by atoms with Gasteiger partial charge in [-0.25, -0.2) is 9.97 Å². The minimum atomic E-state index is -4.43. The third-order valence-electron chi connectivity index (χ3n) is 4.56. The number of anilines is 1. The highest BCUT2D eigenvalue weighted by Crippen LogP contribution is 2.32. The zero-order chi connectivity index (χ0) is 21.5. The number of carbonyl (C=O) groups is 1. The normalized spacial score (nSPS) is 11.6. The van der Waals surface area contributed by atoms with Gasteiger partial charge in [-0.15, -0.1) is 10.2 Å². The van der Waals surface area contributed by atoms with Crippen molar-refractivity contribution in [2.75, 3.05) is 11.9 Å². The Hall–Kier alpha value is -3.89. The highest BCUT2D eigenvalue weighted by Gasteiger charge is 2.30. The quantitative estimate of drug-likeness (QED) is 0.552. The molecule has 2 heterocycles. The largest absolute Gasteiger partial charge is 0.416 e. The lowest BCUT2D eigenvalue weighted by molar-refractivity contribution is -0.137. The fraction of sp³-hybridized carbons (Fsp3) is 0.158. The molecule has 0 fully saturated rings. The molecule has 4 rings (SSSR count). The van der Waals surface area contributed by atoms with Gasteiger partial charge in [-0.2, -0.15) is 18.4 Å². The van der Waals surface area contributed by atoms with Gasteiger partial charge >= 0.3 is 6.18 Å². The number of H-pyrrole nitrogens is 1. The maximum Gasteiger partial charge on any atom is 0.416 e. The summed E-state index contributed by atoms with van der Waals surface area (Å²) >= 11 is 0. The third-order valence-corrected chi connectivity index (χ3v) is 4.56. The number of carbonyl (C=O) groups excluding carboxylic acids is 1. The molecular formula is C19H14F3N7O. The summed E-state index contributed by atoms with van der Waals surface area (Å²) < 4.78 is 38.6. The number of nitrogens with zero attached hydrogens (tertiary/aromatic N) is 6. The summed E-state index contributed by atoms with van der Waals surface area (Å²) in [6.07, 6.45) is -3.06. The molecule has 1 amide bonds. The average molecular weight is 413 g/mol. The lowest BCUT2D eigenvalue weighted by Crippen LogP contribution is -2.28. The molecule has 152 valence electrons. The number of alkyl halides is 3. The average Bonchev–Trinajstić information content (AvgIpc) is 3.26. The number of hydrogen-bond donors (Lipinski definition) is 1. The second kappa shape index (κ2) is 7.17. The topological polar surface area (TPSA) is 101 Å². The van der Waals surface area contributed by atoms with Crippen LogP contribution < -0.4 is 4.90 Å². The van der Waals surface area contributed by atoms with E-state index >= 15 is 0 Å². The Morgan fingerprint density at radius 1 is 1.13 bits per heavy atom. The summed E-state index contributed by atoms with van der Waals surface area (Å²) in [5.41, 5.74) is 1.71. The third kappa shape index (κ3) is 3.56. The van der Waals surface area contributed by atoms with E-state index in [1.54, 1.807) is 25.2 Å². The molecule has 0 aliphatic heterocycles. The van der Waals surface area contributed by atoms with Crippen LogP contribution in [0.1, 0.15) is 21.7 Å². The van der Waals surface area contributed by atoms with Gasteiger partial charge in [-0.3, -0.25) is 4.79 Å². The van der Waals surface area contributed by atoms with Crippen molar-refractivity contribution < 1.29 is 18.0 Å². The Kier molecular flexibility index (Phi) is 4.65. The van der Waals surface area contributed by atoms with Crippen molar-refractivity contribution in [1.29, 1.82) is 0 Å². The molecule has 2 aromatic heterocycles. The Labute approximate surface area is 167 Å². The molecule has 0 atom stereocenters. The first kappa shape index (κ1) is 19.4. The van der Waals surface area contributed by atoms with Crippen LogP contribution in [-0.4, -0.2) is 43.5 Å². The Bertz CT molecular complexity index is 1240. The first-order valence-electron chi connectivity index (χ1n) is 8.70. The van der Waals surface area contributed by atoms with Crippen LogP contribution in [0.15, 0.2) is 42.6 Å². The predicted octanol–water partition coefficient (Wildman–Crippen LogP) is 3.41. The lowest BCUT2D eigenvalue weighted by atomic mass is 10.1. The molecule has 0 aliphatic carbocycles. The van der Waals surface area contributed by atoms with Crippen molar-refractivity contribution in [3.8, 4) is 11.4 Å². The highest BCUT2D eigenvalue weighted by atomic mass is 19.4. The first-order chi connectivity index (χ1) is 14.2. The molecule has 11 heteroatoms. The number of aromatic nitrogens is 6. The molecule has 8 nitrogen and oxygen atoms in total. The summed E-state index contributed by atoms with van der Waals surface area (Å²) in [6.45, 7) is 1.81. The van der Waals surface area contributed by atoms with Crippen LogP contribution in [-0.2, 0) is 6.18 Å². The number of aryl methyl sites for hydroxylation is 1. The van der Waals surface area contributed by atoms with E-state index in [4.69, 9.17) is 0 Å². The second-order valence-corrected chi connectivity index (χ2v) is 6.57. The molecule has 0 saturated carbocycles. The summed E-state index contributed by atoms with van der Waals surface area (Å²) in [4.78, 5) is 22.4. The van der Waals surface area contributed by atoms with E-state index < -0.39 is 17.6 Å². The van der Waals surface area contributed by atoms with Crippen molar-refractivity contribution in [2.45, 2.75) is 13.1 Å². The van der Waals surface area contributed by atoms with Crippen LogP contribution in [0, 0.1) is 6.92 Å². The van der Waals surface area contributed by atoms with Crippen LogP contribution in [0.5, 0.6) is 0 Å². The van der Waals surface area contributed by atoms with Gasteiger partial charge in [0.15, 0.2) is 5.82 Å². The molecule has 0 bridgehead atoms. The second-order valence-electron chi connectivity index (χ2n) is 6.57. The van der Waals surface area contributed by atoms with Crippen molar-refractivity contribution in [3.63, 3.8) is 0 Å². The number of nitrogens with one attached hydrogen (secondary N) is 1. The van der Waals surface area contributed by atoms with Crippen LogP contribution in [0.2, 0.25) is 0 Å².